The van der Waals surface area contributed by atoms with E-state index in [-0.39, 0.29) is 17.5 Å². The van der Waals surface area contributed by atoms with E-state index in [2.05, 4.69) is 26.8 Å². The van der Waals surface area contributed by atoms with Gasteiger partial charge < -0.3 is 20.1 Å². The molecule has 2 N–H and O–H groups in total. The predicted molar refractivity (Wildman–Crippen MR) is 110 cm³/mol. The number of aromatic amines is 1. The van der Waals surface area contributed by atoms with E-state index >= 15 is 0 Å². The summed E-state index contributed by atoms with van der Waals surface area (Å²) in [6.07, 6.45) is 7.23. The molecule has 0 spiro atoms. The van der Waals surface area contributed by atoms with Crippen molar-refractivity contribution in [3.05, 3.63) is 53.6 Å². The van der Waals surface area contributed by atoms with Gasteiger partial charge in [0, 0.05) is 44.6 Å². The molecular weight excluding hydrogens is 354 g/mol. The highest BCUT2D eigenvalue weighted by atomic mass is 16.2. The zero-order valence-electron chi connectivity index (χ0n) is 16.0. The number of carbonyl (C=O) groups is 1. The number of hydrogen-bond acceptors (Lipinski definition) is 5. The molecule has 2 aromatic rings. The topological polar surface area (TPSA) is 81.3 Å². The Bertz CT molecular complexity index is 944. The van der Waals surface area contributed by atoms with Gasteiger partial charge in [-0.3, -0.25) is 9.59 Å². The van der Waals surface area contributed by atoms with Gasteiger partial charge in [0.05, 0.1) is 6.04 Å². The molecule has 0 bridgehead atoms. The van der Waals surface area contributed by atoms with Gasteiger partial charge >= 0.3 is 0 Å². The van der Waals surface area contributed by atoms with Crippen LogP contribution in [0.4, 0.5) is 11.5 Å². The third-order valence-corrected chi connectivity index (χ3v) is 5.48. The smallest absolute Gasteiger partial charge is 0.271 e. The molecule has 0 radical (unpaired) electrons. The predicted octanol–water partition coefficient (Wildman–Crippen LogP) is 2.09. The molecule has 1 saturated heterocycles. The molecule has 2 fully saturated rings. The van der Waals surface area contributed by atoms with E-state index in [4.69, 9.17) is 0 Å². The summed E-state index contributed by atoms with van der Waals surface area (Å²) in [6, 6.07) is 5.99. The molecular formula is C21H25N5O2. The number of aromatic nitrogens is 2. The molecule has 1 amide bonds. The van der Waals surface area contributed by atoms with Crippen LogP contribution in [0.1, 0.15) is 12.8 Å². The fourth-order valence-electron chi connectivity index (χ4n) is 3.58. The van der Waals surface area contributed by atoms with Crippen molar-refractivity contribution in [3.8, 4) is 11.1 Å². The molecule has 1 aliphatic heterocycles. The molecule has 0 unspecified atom stereocenters. The van der Waals surface area contributed by atoms with Crippen LogP contribution >= 0.6 is 0 Å². The highest BCUT2D eigenvalue weighted by molar-refractivity contribution is 5.88. The van der Waals surface area contributed by atoms with E-state index in [1.54, 1.807) is 17.3 Å². The first-order valence-corrected chi connectivity index (χ1v) is 9.64. The van der Waals surface area contributed by atoms with Crippen LogP contribution in [-0.2, 0) is 4.79 Å². The van der Waals surface area contributed by atoms with Crippen LogP contribution < -0.4 is 15.8 Å². The first-order chi connectivity index (χ1) is 13.6. The number of amides is 1. The number of anilines is 2. The van der Waals surface area contributed by atoms with Crippen LogP contribution in [0, 0.1) is 5.92 Å². The van der Waals surface area contributed by atoms with Gasteiger partial charge in [-0.05, 0) is 48.6 Å². The van der Waals surface area contributed by atoms with Crippen LogP contribution in [-0.4, -0.2) is 53.5 Å². The minimum absolute atomic E-state index is 0.0540. The van der Waals surface area contributed by atoms with Crippen molar-refractivity contribution in [2.24, 2.45) is 5.92 Å². The SMILES string of the molecule is C=CC(=O)N1CC(N(CC2CC2)c2cc(-c3ccnc(NC)c3)c[nH]c2=O)C1. The van der Waals surface area contributed by atoms with Crippen molar-refractivity contribution in [3.63, 3.8) is 0 Å². The van der Waals surface area contributed by atoms with Crippen molar-refractivity contribution in [1.29, 1.82) is 0 Å². The molecule has 3 heterocycles. The second-order valence-corrected chi connectivity index (χ2v) is 7.48. The van der Waals surface area contributed by atoms with Crippen LogP contribution in [0.15, 0.2) is 48.0 Å². The number of carbonyl (C=O) groups excluding carboxylic acids is 1. The molecule has 2 aliphatic rings. The van der Waals surface area contributed by atoms with Gasteiger partial charge in [-0.2, -0.15) is 0 Å². The summed E-state index contributed by atoms with van der Waals surface area (Å²) in [5.41, 5.74) is 2.50. The van der Waals surface area contributed by atoms with Crippen LogP contribution in [0.2, 0.25) is 0 Å². The van der Waals surface area contributed by atoms with Crippen molar-refractivity contribution in [1.82, 2.24) is 14.9 Å². The molecule has 0 atom stereocenters. The summed E-state index contributed by atoms with van der Waals surface area (Å²) in [5, 5.41) is 3.04. The lowest BCUT2D eigenvalue weighted by Gasteiger charge is -2.46. The maximum Gasteiger partial charge on any atom is 0.271 e. The van der Waals surface area contributed by atoms with Crippen molar-refractivity contribution >= 4 is 17.4 Å². The molecule has 28 heavy (non-hydrogen) atoms. The highest BCUT2D eigenvalue weighted by Crippen LogP contribution is 2.34. The van der Waals surface area contributed by atoms with Crippen molar-refractivity contribution in [2.75, 3.05) is 36.9 Å². The Balaban J connectivity index is 1.63. The number of rotatable bonds is 7. The lowest BCUT2D eigenvalue weighted by atomic mass is 10.0. The molecule has 7 heteroatoms. The van der Waals surface area contributed by atoms with Gasteiger partial charge in [0.25, 0.3) is 5.56 Å². The maximum atomic E-state index is 12.7. The second-order valence-electron chi connectivity index (χ2n) is 7.48. The van der Waals surface area contributed by atoms with Gasteiger partial charge in [-0.25, -0.2) is 4.98 Å². The summed E-state index contributed by atoms with van der Waals surface area (Å²) < 4.78 is 0. The number of nitrogens with one attached hydrogen (secondary N) is 2. The first-order valence-electron chi connectivity index (χ1n) is 9.64. The summed E-state index contributed by atoms with van der Waals surface area (Å²) >= 11 is 0. The van der Waals surface area contributed by atoms with E-state index in [0.29, 0.717) is 24.7 Å². The van der Waals surface area contributed by atoms with E-state index < -0.39 is 0 Å². The third-order valence-electron chi connectivity index (χ3n) is 5.48. The third kappa shape index (κ3) is 3.65. The lowest BCUT2D eigenvalue weighted by molar-refractivity contribution is -0.130. The number of likely N-dealkylation sites (tertiary alicyclic amines) is 1. The van der Waals surface area contributed by atoms with Gasteiger partial charge in [-0.1, -0.05) is 6.58 Å². The summed E-state index contributed by atoms with van der Waals surface area (Å²) in [6.45, 7) is 5.66. The fourth-order valence-corrected chi connectivity index (χ4v) is 3.58. The average molecular weight is 379 g/mol. The minimum Gasteiger partial charge on any atom is -0.373 e. The molecule has 0 aromatic carbocycles. The Morgan fingerprint density at radius 2 is 2.18 bits per heavy atom. The van der Waals surface area contributed by atoms with Gasteiger partial charge in [-0.15, -0.1) is 0 Å². The standard InChI is InChI=1S/C21H25N5O2/c1-3-20(27)25-12-17(13-25)26(11-14-4-5-14)18-8-16(10-24-21(18)28)15-6-7-23-19(9-15)22-2/h3,6-10,14,17H,1,4-5,11-13H2,2H3,(H,22,23)(H,24,28). The van der Waals surface area contributed by atoms with Crippen LogP contribution in [0.5, 0.6) is 0 Å². The second kappa shape index (κ2) is 7.50. The Labute approximate surface area is 164 Å². The number of H-pyrrole nitrogens is 1. The van der Waals surface area contributed by atoms with Crippen LogP contribution in [0.25, 0.3) is 11.1 Å². The summed E-state index contributed by atoms with van der Waals surface area (Å²) in [4.78, 5) is 35.6. The molecule has 7 nitrogen and oxygen atoms in total. The van der Waals surface area contributed by atoms with E-state index in [0.717, 1.165) is 23.5 Å². The number of hydrogen-bond donors (Lipinski definition) is 2. The van der Waals surface area contributed by atoms with Gasteiger partial charge in [0.2, 0.25) is 5.91 Å². The summed E-state index contributed by atoms with van der Waals surface area (Å²) in [7, 11) is 1.83. The first kappa shape index (κ1) is 18.3. The minimum atomic E-state index is -0.0965. The molecule has 146 valence electrons. The van der Waals surface area contributed by atoms with E-state index in [1.807, 2.05) is 25.2 Å². The average Bonchev–Trinajstić information content (AvgIpc) is 3.50. The summed E-state index contributed by atoms with van der Waals surface area (Å²) in [5.74, 6) is 1.35. The van der Waals surface area contributed by atoms with Crippen molar-refractivity contribution < 1.29 is 4.79 Å². The highest BCUT2D eigenvalue weighted by Gasteiger charge is 2.37. The zero-order chi connectivity index (χ0) is 19.7. The normalized spacial score (nSPS) is 16.4. The van der Waals surface area contributed by atoms with Gasteiger partial charge in [0.1, 0.15) is 11.5 Å². The Hall–Kier alpha value is -3.09. The maximum absolute atomic E-state index is 12.7. The van der Waals surface area contributed by atoms with Crippen molar-refractivity contribution in [2.45, 2.75) is 18.9 Å². The number of pyridine rings is 2. The molecule has 1 saturated carbocycles. The van der Waals surface area contributed by atoms with E-state index in [9.17, 15) is 9.59 Å². The Morgan fingerprint density at radius 3 is 2.86 bits per heavy atom. The monoisotopic (exact) mass is 379 g/mol. The fraction of sp³-hybridized carbons (Fsp3) is 0.381. The molecule has 1 aliphatic carbocycles. The van der Waals surface area contributed by atoms with E-state index in [1.165, 1.54) is 18.9 Å². The molecule has 4 rings (SSSR count). The Morgan fingerprint density at radius 1 is 1.39 bits per heavy atom. The number of nitrogens with zero attached hydrogens (tertiary/aromatic N) is 3. The van der Waals surface area contributed by atoms with Crippen LogP contribution in [0.3, 0.4) is 0 Å². The quantitative estimate of drug-likeness (QED) is 0.720. The zero-order valence-corrected chi connectivity index (χ0v) is 16.0. The van der Waals surface area contributed by atoms with Gasteiger partial charge in [0.15, 0.2) is 0 Å². The lowest BCUT2D eigenvalue weighted by Crippen LogP contribution is -2.62. The Kier molecular flexibility index (Phi) is 4.90. The largest absolute Gasteiger partial charge is 0.373 e. The molecule has 2 aromatic heterocycles.